The van der Waals surface area contributed by atoms with Gasteiger partial charge < -0.3 is 19.8 Å². The fraction of sp³-hybridized carbons (Fsp3) is 0.615. The van der Waals surface area contributed by atoms with Gasteiger partial charge in [0.2, 0.25) is 0 Å². The van der Waals surface area contributed by atoms with Crippen LogP contribution in [-0.2, 0) is 4.79 Å². The third kappa shape index (κ3) is 3.84. The molecule has 0 spiro atoms. The van der Waals surface area contributed by atoms with E-state index in [-0.39, 0.29) is 18.6 Å². The van der Waals surface area contributed by atoms with Gasteiger partial charge in [-0.25, -0.2) is 9.78 Å². The van der Waals surface area contributed by atoms with Crippen LogP contribution in [0.25, 0.3) is 0 Å². The maximum atomic E-state index is 12.4. The number of aliphatic carboxylic acids is 1. The molecule has 21 heavy (non-hydrogen) atoms. The van der Waals surface area contributed by atoms with Crippen molar-refractivity contribution in [1.29, 1.82) is 0 Å². The molecular formula is C13H20N4O3S. The molecule has 0 bridgehead atoms. The van der Waals surface area contributed by atoms with E-state index in [1.807, 2.05) is 19.2 Å². The lowest BCUT2D eigenvalue weighted by atomic mass is 10.3. The smallest absolute Gasteiger partial charge is 0.323 e. The Morgan fingerprint density at radius 3 is 2.52 bits per heavy atom. The lowest BCUT2D eigenvalue weighted by Crippen LogP contribution is -2.55. The highest BCUT2D eigenvalue weighted by Gasteiger charge is 2.28. The van der Waals surface area contributed by atoms with Crippen LogP contribution >= 0.6 is 11.3 Å². The molecule has 1 fully saturated rings. The summed E-state index contributed by atoms with van der Waals surface area (Å²) in [5, 5.41) is 11.8. The van der Waals surface area contributed by atoms with E-state index >= 15 is 0 Å². The number of hydrogen-bond acceptors (Lipinski definition) is 5. The summed E-state index contributed by atoms with van der Waals surface area (Å²) in [6, 6.07) is -0.336. The molecule has 1 N–H and O–H groups in total. The van der Waals surface area contributed by atoms with Crippen molar-refractivity contribution in [3.63, 3.8) is 0 Å². The first-order valence-electron chi connectivity index (χ1n) is 6.91. The highest BCUT2D eigenvalue weighted by molar-refractivity contribution is 7.13. The number of urea groups is 1. The Balaban J connectivity index is 1.94. The molecule has 0 saturated carbocycles. The van der Waals surface area contributed by atoms with Gasteiger partial charge in [0.25, 0.3) is 0 Å². The van der Waals surface area contributed by atoms with Gasteiger partial charge in [0.05, 0.1) is 0 Å². The fourth-order valence-corrected chi connectivity index (χ4v) is 2.96. The van der Waals surface area contributed by atoms with Gasteiger partial charge in [0.1, 0.15) is 6.54 Å². The maximum Gasteiger partial charge on any atom is 0.323 e. The van der Waals surface area contributed by atoms with E-state index < -0.39 is 5.97 Å². The molecule has 2 rings (SSSR count). The first-order chi connectivity index (χ1) is 9.99. The van der Waals surface area contributed by atoms with Crippen LogP contribution in [0, 0.1) is 0 Å². The van der Waals surface area contributed by atoms with Crippen molar-refractivity contribution < 1.29 is 14.7 Å². The van der Waals surface area contributed by atoms with Crippen LogP contribution in [0.1, 0.15) is 13.8 Å². The van der Waals surface area contributed by atoms with E-state index in [1.54, 1.807) is 22.4 Å². The van der Waals surface area contributed by atoms with E-state index in [0.717, 1.165) is 18.2 Å². The zero-order valence-corrected chi connectivity index (χ0v) is 13.0. The monoisotopic (exact) mass is 312 g/mol. The number of carboxylic acid groups (broad SMARTS) is 1. The first kappa shape index (κ1) is 15.6. The Kier molecular flexibility index (Phi) is 5.00. The molecule has 2 heterocycles. The Bertz CT molecular complexity index is 484. The van der Waals surface area contributed by atoms with Crippen molar-refractivity contribution >= 4 is 28.5 Å². The highest BCUT2D eigenvalue weighted by atomic mass is 32.1. The van der Waals surface area contributed by atoms with Gasteiger partial charge >= 0.3 is 12.0 Å². The summed E-state index contributed by atoms with van der Waals surface area (Å²) in [6.07, 6.45) is 1.77. The number of anilines is 1. The maximum absolute atomic E-state index is 12.4. The molecule has 0 atom stereocenters. The molecule has 0 radical (unpaired) electrons. The van der Waals surface area contributed by atoms with Gasteiger partial charge in [-0.3, -0.25) is 4.79 Å². The number of thiazole rings is 1. The lowest BCUT2D eigenvalue weighted by molar-refractivity contribution is -0.138. The summed E-state index contributed by atoms with van der Waals surface area (Å²) >= 11 is 1.58. The van der Waals surface area contributed by atoms with Crippen LogP contribution in [0.4, 0.5) is 9.93 Å². The number of hydrogen-bond donors (Lipinski definition) is 1. The second kappa shape index (κ2) is 6.75. The first-order valence-corrected chi connectivity index (χ1v) is 7.78. The summed E-state index contributed by atoms with van der Waals surface area (Å²) in [5.74, 6) is -0.988. The van der Waals surface area contributed by atoms with Crippen LogP contribution in [-0.4, -0.2) is 70.7 Å². The van der Waals surface area contributed by atoms with Gasteiger partial charge in [-0.1, -0.05) is 0 Å². The third-order valence-electron chi connectivity index (χ3n) is 3.41. The number of piperazine rings is 1. The molecule has 2 amide bonds. The number of amides is 2. The summed E-state index contributed by atoms with van der Waals surface area (Å²) in [7, 11) is 0. The number of rotatable bonds is 4. The average Bonchev–Trinajstić information content (AvgIpc) is 2.98. The SMILES string of the molecule is CC(C)N(CC(=O)O)C(=O)N1CCN(c2nccs2)CC1. The topological polar surface area (TPSA) is 77.0 Å². The van der Waals surface area contributed by atoms with E-state index in [9.17, 15) is 9.59 Å². The summed E-state index contributed by atoms with van der Waals surface area (Å²) in [5.41, 5.74) is 0. The number of carbonyl (C=O) groups excluding carboxylic acids is 1. The van der Waals surface area contributed by atoms with Crippen LogP contribution in [0.15, 0.2) is 11.6 Å². The van der Waals surface area contributed by atoms with Crippen molar-refractivity contribution in [2.24, 2.45) is 0 Å². The van der Waals surface area contributed by atoms with Crippen molar-refractivity contribution in [3.8, 4) is 0 Å². The van der Waals surface area contributed by atoms with Gasteiger partial charge in [0.15, 0.2) is 5.13 Å². The van der Waals surface area contributed by atoms with Gasteiger partial charge in [0, 0.05) is 43.8 Å². The average molecular weight is 312 g/mol. The molecular weight excluding hydrogens is 292 g/mol. The van der Waals surface area contributed by atoms with E-state index in [4.69, 9.17) is 5.11 Å². The van der Waals surface area contributed by atoms with Crippen molar-refractivity contribution in [3.05, 3.63) is 11.6 Å². The summed E-state index contributed by atoms with van der Waals surface area (Å²) in [4.78, 5) is 32.8. The minimum absolute atomic E-state index is 0.134. The molecule has 8 heteroatoms. The molecule has 1 aromatic rings. The summed E-state index contributed by atoms with van der Waals surface area (Å²) < 4.78 is 0. The number of carbonyl (C=O) groups is 2. The predicted molar refractivity (Wildman–Crippen MR) is 80.8 cm³/mol. The largest absolute Gasteiger partial charge is 0.480 e. The molecule has 0 aromatic carbocycles. The second-order valence-electron chi connectivity index (χ2n) is 5.19. The van der Waals surface area contributed by atoms with Gasteiger partial charge in [-0.15, -0.1) is 11.3 Å². The molecule has 1 aliphatic heterocycles. The van der Waals surface area contributed by atoms with E-state index in [2.05, 4.69) is 9.88 Å². The third-order valence-corrected chi connectivity index (χ3v) is 4.25. The Morgan fingerprint density at radius 2 is 2.05 bits per heavy atom. The number of carboxylic acids is 1. The zero-order valence-electron chi connectivity index (χ0n) is 12.2. The molecule has 1 aromatic heterocycles. The summed E-state index contributed by atoms with van der Waals surface area (Å²) in [6.45, 7) is 6.00. The second-order valence-corrected chi connectivity index (χ2v) is 6.06. The zero-order chi connectivity index (χ0) is 15.4. The lowest BCUT2D eigenvalue weighted by Gasteiger charge is -2.38. The normalized spacial score (nSPS) is 15.4. The molecule has 0 unspecified atom stereocenters. The molecule has 7 nitrogen and oxygen atoms in total. The highest BCUT2D eigenvalue weighted by Crippen LogP contribution is 2.19. The number of nitrogens with zero attached hydrogens (tertiary/aromatic N) is 4. The van der Waals surface area contributed by atoms with Crippen molar-refractivity contribution in [1.82, 2.24) is 14.8 Å². The van der Waals surface area contributed by atoms with E-state index in [0.29, 0.717) is 13.1 Å². The number of aromatic nitrogens is 1. The molecule has 116 valence electrons. The van der Waals surface area contributed by atoms with Crippen LogP contribution in [0.5, 0.6) is 0 Å². The van der Waals surface area contributed by atoms with Gasteiger partial charge in [-0.2, -0.15) is 0 Å². The van der Waals surface area contributed by atoms with Gasteiger partial charge in [-0.05, 0) is 13.8 Å². The fourth-order valence-electron chi connectivity index (χ4n) is 2.26. The van der Waals surface area contributed by atoms with E-state index in [1.165, 1.54) is 4.90 Å². The Hall–Kier alpha value is -1.83. The quantitative estimate of drug-likeness (QED) is 0.903. The molecule has 1 aliphatic rings. The standard InChI is InChI=1S/C13H20N4O3S/c1-10(2)17(9-11(18)19)13(20)16-6-4-15(5-7-16)12-14-3-8-21-12/h3,8,10H,4-7,9H2,1-2H3,(H,18,19). The van der Waals surface area contributed by atoms with Crippen LogP contribution < -0.4 is 4.90 Å². The molecule has 1 saturated heterocycles. The predicted octanol–water partition coefficient (Wildman–Crippen LogP) is 1.18. The van der Waals surface area contributed by atoms with Crippen LogP contribution in [0.3, 0.4) is 0 Å². The Labute approximate surface area is 127 Å². The van der Waals surface area contributed by atoms with Crippen molar-refractivity contribution in [2.45, 2.75) is 19.9 Å². The van der Waals surface area contributed by atoms with Crippen molar-refractivity contribution in [2.75, 3.05) is 37.6 Å². The van der Waals surface area contributed by atoms with Crippen LogP contribution in [0.2, 0.25) is 0 Å². The minimum Gasteiger partial charge on any atom is -0.480 e. The Morgan fingerprint density at radius 1 is 1.38 bits per heavy atom. The molecule has 0 aliphatic carbocycles. The minimum atomic E-state index is -0.988.